The van der Waals surface area contributed by atoms with Gasteiger partial charge in [0.05, 0.1) is 6.10 Å². The molecule has 3 heteroatoms. The van der Waals surface area contributed by atoms with Gasteiger partial charge in [-0.3, -0.25) is 4.79 Å². The third-order valence-electron chi connectivity index (χ3n) is 4.37. The van der Waals surface area contributed by atoms with Crippen LogP contribution >= 0.6 is 0 Å². The van der Waals surface area contributed by atoms with Gasteiger partial charge in [0.1, 0.15) is 0 Å². The monoisotopic (exact) mass is 239 g/mol. The Morgan fingerprint density at radius 3 is 2.53 bits per heavy atom. The lowest BCUT2D eigenvalue weighted by Gasteiger charge is -2.24. The quantitative estimate of drug-likeness (QED) is 0.815. The molecule has 1 saturated heterocycles. The van der Waals surface area contributed by atoms with Crippen LogP contribution in [0, 0.1) is 17.8 Å². The molecule has 2 fully saturated rings. The minimum atomic E-state index is -0.283. The van der Waals surface area contributed by atoms with Crippen molar-refractivity contribution in [2.75, 3.05) is 13.1 Å². The molecule has 98 valence electrons. The van der Waals surface area contributed by atoms with Crippen LogP contribution in [0.25, 0.3) is 0 Å². The molecule has 0 bridgehead atoms. The van der Waals surface area contributed by atoms with Crippen molar-refractivity contribution in [1.82, 2.24) is 4.90 Å². The maximum atomic E-state index is 12.0. The summed E-state index contributed by atoms with van der Waals surface area (Å²) in [7, 11) is 0. The molecule has 2 unspecified atom stereocenters. The molecule has 0 aromatic carbocycles. The zero-order chi connectivity index (χ0) is 12.4. The first kappa shape index (κ1) is 12.9. The SMILES string of the molecule is CC(C)C1CCC(=O)N(CC(O)C2CC2)CC1. The van der Waals surface area contributed by atoms with E-state index in [9.17, 15) is 9.90 Å². The van der Waals surface area contributed by atoms with Crippen molar-refractivity contribution in [3.05, 3.63) is 0 Å². The van der Waals surface area contributed by atoms with Crippen LogP contribution in [0.1, 0.15) is 46.0 Å². The van der Waals surface area contributed by atoms with Crippen molar-refractivity contribution in [2.45, 2.75) is 52.1 Å². The number of aliphatic hydroxyl groups is 1. The molecule has 1 heterocycles. The summed E-state index contributed by atoms with van der Waals surface area (Å²) in [5, 5.41) is 9.93. The lowest BCUT2D eigenvalue weighted by Crippen LogP contribution is -2.38. The highest BCUT2D eigenvalue weighted by atomic mass is 16.3. The summed E-state index contributed by atoms with van der Waals surface area (Å²) in [4.78, 5) is 13.9. The van der Waals surface area contributed by atoms with Gasteiger partial charge in [0, 0.05) is 19.5 Å². The Labute approximate surface area is 104 Å². The topological polar surface area (TPSA) is 40.5 Å². The van der Waals surface area contributed by atoms with Crippen molar-refractivity contribution >= 4 is 5.91 Å². The Bertz CT molecular complexity index is 273. The number of carbonyl (C=O) groups excluding carboxylic acids is 1. The lowest BCUT2D eigenvalue weighted by atomic mass is 9.89. The molecule has 2 atom stereocenters. The summed E-state index contributed by atoms with van der Waals surface area (Å²) in [5.74, 6) is 2.04. The number of β-amino-alcohol motifs (C(OH)–C–C–N with tert-alkyl or cyclic N) is 1. The molecule has 0 radical (unpaired) electrons. The lowest BCUT2D eigenvalue weighted by molar-refractivity contribution is -0.132. The van der Waals surface area contributed by atoms with Gasteiger partial charge in [-0.05, 0) is 43.4 Å². The molecule has 2 rings (SSSR count). The van der Waals surface area contributed by atoms with E-state index in [2.05, 4.69) is 13.8 Å². The summed E-state index contributed by atoms with van der Waals surface area (Å²) < 4.78 is 0. The van der Waals surface area contributed by atoms with E-state index in [1.165, 1.54) is 0 Å². The molecule has 0 aromatic rings. The summed E-state index contributed by atoms with van der Waals surface area (Å²) in [6.07, 6.45) is 4.78. The number of hydrogen-bond donors (Lipinski definition) is 1. The van der Waals surface area contributed by atoms with Crippen molar-refractivity contribution in [1.29, 1.82) is 0 Å². The Hall–Kier alpha value is -0.570. The van der Waals surface area contributed by atoms with Crippen LogP contribution in [0.2, 0.25) is 0 Å². The molecule has 1 amide bonds. The molecule has 1 N–H and O–H groups in total. The van der Waals surface area contributed by atoms with Crippen LogP contribution in [0.3, 0.4) is 0 Å². The van der Waals surface area contributed by atoms with Gasteiger partial charge < -0.3 is 10.0 Å². The smallest absolute Gasteiger partial charge is 0.222 e. The van der Waals surface area contributed by atoms with Crippen molar-refractivity contribution < 1.29 is 9.90 Å². The summed E-state index contributed by atoms with van der Waals surface area (Å²) in [6, 6.07) is 0. The van der Waals surface area contributed by atoms with E-state index in [1.807, 2.05) is 4.90 Å². The number of amides is 1. The first-order chi connectivity index (χ1) is 8.08. The normalized spacial score (nSPS) is 28.4. The van der Waals surface area contributed by atoms with E-state index in [4.69, 9.17) is 0 Å². The van der Waals surface area contributed by atoms with Crippen LogP contribution < -0.4 is 0 Å². The molecular formula is C14H25NO2. The molecule has 2 aliphatic rings. The number of rotatable bonds is 4. The minimum absolute atomic E-state index is 0.243. The van der Waals surface area contributed by atoms with Gasteiger partial charge in [-0.1, -0.05) is 13.8 Å². The second kappa shape index (κ2) is 5.38. The van der Waals surface area contributed by atoms with Crippen molar-refractivity contribution in [3.63, 3.8) is 0 Å². The Kier molecular flexibility index (Phi) is 4.08. The largest absolute Gasteiger partial charge is 0.391 e. The summed E-state index contributed by atoms with van der Waals surface area (Å²) >= 11 is 0. The van der Waals surface area contributed by atoms with Gasteiger partial charge in [0.2, 0.25) is 5.91 Å². The standard InChI is InChI=1S/C14H25NO2/c1-10(2)11-5-6-14(17)15(8-7-11)9-13(16)12-3-4-12/h10-13,16H,3-9H2,1-2H3. The molecule has 1 saturated carbocycles. The molecule has 1 aliphatic heterocycles. The zero-order valence-corrected chi connectivity index (χ0v) is 11.1. The van der Waals surface area contributed by atoms with E-state index in [0.29, 0.717) is 30.7 Å². The molecule has 17 heavy (non-hydrogen) atoms. The maximum Gasteiger partial charge on any atom is 0.222 e. The molecule has 3 nitrogen and oxygen atoms in total. The summed E-state index contributed by atoms with van der Waals surface area (Å²) in [5.41, 5.74) is 0. The van der Waals surface area contributed by atoms with Gasteiger partial charge in [0.25, 0.3) is 0 Å². The van der Waals surface area contributed by atoms with Gasteiger partial charge in [-0.15, -0.1) is 0 Å². The fourth-order valence-corrected chi connectivity index (χ4v) is 2.77. The Morgan fingerprint density at radius 2 is 1.94 bits per heavy atom. The van der Waals surface area contributed by atoms with Gasteiger partial charge in [-0.2, -0.15) is 0 Å². The Balaban J connectivity index is 1.86. The number of carbonyl (C=O) groups is 1. The second-order valence-electron chi connectivity index (χ2n) is 6.08. The predicted octanol–water partition coefficient (Wildman–Crippen LogP) is 2.04. The maximum absolute atomic E-state index is 12.0. The highest BCUT2D eigenvalue weighted by Gasteiger charge is 2.33. The van der Waals surface area contributed by atoms with Crippen LogP contribution in [0.4, 0.5) is 0 Å². The van der Waals surface area contributed by atoms with E-state index in [-0.39, 0.29) is 12.0 Å². The first-order valence-corrected chi connectivity index (χ1v) is 7.03. The van der Waals surface area contributed by atoms with E-state index < -0.39 is 0 Å². The van der Waals surface area contributed by atoms with Gasteiger partial charge >= 0.3 is 0 Å². The fourth-order valence-electron chi connectivity index (χ4n) is 2.77. The third-order valence-corrected chi connectivity index (χ3v) is 4.37. The highest BCUT2D eigenvalue weighted by molar-refractivity contribution is 5.76. The molecule has 0 spiro atoms. The number of nitrogens with zero attached hydrogens (tertiary/aromatic N) is 1. The van der Waals surface area contributed by atoms with Crippen LogP contribution in [0.5, 0.6) is 0 Å². The van der Waals surface area contributed by atoms with Crippen LogP contribution in [-0.4, -0.2) is 35.1 Å². The molecular weight excluding hydrogens is 214 g/mol. The second-order valence-corrected chi connectivity index (χ2v) is 6.08. The highest BCUT2D eigenvalue weighted by Crippen LogP contribution is 2.33. The van der Waals surface area contributed by atoms with Crippen molar-refractivity contribution in [3.8, 4) is 0 Å². The summed E-state index contributed by atoms with van der Waals surface area (Å²) in [6.45, 7) is 5.88. The van der Waals surface area contributed by atoms with E-state index in [1.54, 1.807) is 0 Å². The zero-order valence-electron chi connectivity index (χ0n) is 11.1. The average Bonchev–Trinajstić information content (AvgIpc) is 3.08. The van der Waals surface area contributed by atoms with Crippen LogP contribution in [-0.2, 0) is 4.79 Å². The average molecular weight is 239 g/mol. The number of hydrogen-bond acceptors (Lipinski definition) is 2. The third kappa shape index (κ3) is 3.44. The fraction of sp³-hybridized carbons (Fsp3) is 0.929. The molecule has 1 aliphatic carbocycles. The van der Waals surface area contributed by atoms with Crippen molar-refractivity contribution in [2.24, 2.45) is 17.8 Å². The van der Waals surface area contributed by atoms with Gasteiger partial charge in [-0.25, -0.2) is 0 Å². The van der Waals surface area contributed by atoms with E-state index in [0.717, 1.165) is 32.2 Å². The first-order valence-electron chi connectivity index (χ1n) is 7.03. The number of likely N-dealkylation sites (tertiary alicyclic amines) is 1. The van der Waals surface area contributed by atoms with E-state index >= 15 is 0 Å². The Morgan fingerprint density at radius 1 is 1.24 bits per heavy atom. The van der Waals surface area contributed by atoms with Crippen LogP contribution in [0.15, 0.2) is 0 Å². The minimum Gasteiger partial charge on any atom is -0.391 e. The predicted molar refractivity (Wildman–Crippen MR) is 67.5 cm³/mol. The molecule has 0 aromatic heterocycles. The van der Waals surface area contributed by atoms with Gasteiger partial charge in [0.15, 0.2) is 0 Å². The number of aliphatic hydroxyl groups excluding tert-OH is 1.